The number of aromatic carboxylic acids is 1. The van der Waals surface area contributed by atoms with Crippen LogP contribution >= 0.6 is 0 Å². The summed E-state index contributed by atoms with van der Waals surface area (Å²) in [4.78, 5) is 24.0. The number of carboxylic acids is 1. The Morgan fingerprint density at radius 3 is 1.85 bits per heavy atom. The van der Waals surface area contributed by atoms with Crippen LogP contribution in [0.3, 0.4) is 0 Å². The molecule has 4 N–H and O–H groups in total. The van der Waals surface area contributed by atoms with Gasteiger partial charge < -0.3 is 25.2 Å². The first-order chi connectivity index (χ1) is 12.5. The Bertz CT molecular complexity index is 898. The standard InChI is InChI=1S/C20H22O7/c1-9(2)13-5-11(21)6-15(22)18(13)20(26)27-12-7-14(10(3)4)17(19(24)25)16(23)8-12/h5-10,21-23H,1-4H3,(H,24,25). The van der Waals surface area contributed by atoms with Gasteiger partial charge in [0.15, 0.2) is 0 Å². The summed E-state index contributed by atoms with van der Waals surface area (Å²) >= 11 is 0. The van der Waals surface area contributed by atoms with Crippen LogP contribution in [-0.4, -0.2) is 32.4 Å². The number of carboxylic acid groups (broad SMARTS) is 1. The van der Waals surface area contributed by atoms with Crippen LogP contribution in [0.4, 0.5) is 0 Å². The zero-order chi connectivity index (χ0) is 20.5. The number of rotatable bonds is 5. The minimum Gasteiger partial charge on any atom is -0.508 e. The number of esters is 1. The number of phenols is 3. The number of carbonyl (C=O) groups excluding carboxylic acids is 1. The average molecular weight is 374 g/mol. The van der Waals surface area contributed by atoms with E-state index >= 15 is 0 Å². The Morgan fingerprint density at radius 1 is 0.815 bits per heavy atom. The highest BCUT2D eigenvalue weighted by Gasteiger charge is 2.24. The first-order valence-electron chi connectivity index (χ1n) is 8.41. The maximum atomic E-state index is 12.6. The first kappa shape index (κ1) is 20.1. The van der Waals surface area contributed by atoms with Gasteiger partial charge in [0.05, 0.1) is 0 Å². The summed E-state index contributed by atoms with van der Waals surface area (Å²) in [5.41, 5.74) is 0.355. The number of carbonyl (C=O) groups is 2. The van der Waals surface area contributed by atoms with Crippen molar-refractivity contribution in [2.24, 2.45) is 0 Å². The van der Waals surface area contributed by atoms with Crippen molar-refractivity contribution in [1.29, 1.82) is 0 Å². The maximum Gasteiger partial charge on any atom is 0.347 e. The normalized spacial score (nSPS) is 11.0. The third-order valence-electron chi connectivity index (χ3n) is 4.13. The number of hydrogen-bond donors (Lipinski definition) is 4. The Labute approximate surface area is 156 Å². The highest BCUT2D eigenvalue weighted by atomic mass is 16.5. The minimum absolute atomic E-state index is 0.0478. The molecule has 0 fully saturated rings. The van der Waals surface area contributed by atoms with E-state index in [0.29, 0.717) is 11.1 Å². The van der Waals surface area contributed by atoms with Gasteiger partial charge in [0.25, 0.3) is 0 Å². The lowest BCUT2D eigenvalue weighted by atomic mass is 9.95. The predicted molar refractivity (Wildman–Crippen MR) is 98.0 cm³/mol. The van der Waals surface area contributed by atoms with Crippen molar-refractivity contribution in [2.75, 3.05) is 0 Å². The number of aromatic hydroxyl groups is 3. The van der Waals surface area contributed by atoms with Crippen LogP contribution in [-0.2, 0) is 0 Å². The quantitative estimate of drug-likeness (QED) is 0.461. The van der Waals surface area contributed by atoms with Crippen LogP contribution in [0, 0.1) is 0 Å². The van der Waals surface area contributed by atoms with Crippen LogP contribution in [0.5, 0.6) is 23.0 Å². The summed E-state index contributed by atoms with van der Waals surface area (Å²) in [5, 5.41) is 39.1. The molecule has 0 aliphatic rings. The molecule has 0 aromatic heterocycles. The van der Waals surface area contributed by atoms with E-state index in [4.69, 9.17) is 4.74 Å². The van der Waals surface area contributed by atoms with Crippen molar-refractivity contribution in [2.45, 2.75) is 39.5 Å². The lowest BCUT2D eigenvalue weighted by molar-refractivity contribution is 0.0691. The van der Waals surface area contributed by atoms with Gasteiger partial charge in [-0.3, -0.25) is 0 Å². The fourth-order valence-electron chi connectivity index (χ4n) is 2.84. The molecule has 7 heteroatoms. The predicted octanol–water partition coefficient (Wildman–Crippen LogP) is 3.97. The molecule has 0 radical (unpaired) electrons. The Hall–Kier alpha value is -3.22. The topological polar surface area (TPSA) is 124 Å². The van der Waals surface area contributed by atoms with E-state index in [1.165, 1.54) is 12.1 Å². The van der Waals surface area contributed by atoms with Crippen molar-refractivity contribution in [3.8, 4) is 23.0 Å². The van der Waals surface area contributed by atoms with Crippen molar-refractivity contribution >= 4 is 11.9 Å². The van der Waals surface area contributed by atoms with Crippen LogP contribution in [0.15, 0.2) is 24.3 Å². The van der Waals surface area contributed by atoms with E-state index in [1.54, 1.807) is 27.7 Å². The second kappa shape index (κ2) is 7.57. The van der Waals surface area contributed by atoms with Gasteiger partial charge in [-0.1, -0.05) is 27.7 Å². The van der Waals surface area contributed by atoms with Crippen molar-refractivity contribution in [1.82, 2.24) is 0 Å². The molecule has 2 rings (SSSR count). The molecule has 2 aromatic carbocycles. The van der Waals surface area contributed by atoms with E-state index in [0.717, 1.165) is 12.1 Å². The molecule has 27 heavy (non-hydrogen) atoms. The minimum atomic E-state index is -1.28. The molecule has 0 spiro atoms. The summed E-state index contributed by atoms with van der Waals surface area (Å²) < 4.78 is 5.28. The van der Waals surface area contributed by atoms with E-state index in [9.17, 15) is 30.0 Å². The van der Waals surface area contributed by atoms with Gasteiger partial charge in [-0.05, 0) is 35.1 Å². The first-order valence-corrected chi connectivity index (χ1v) is 8.41. The van der Waals surface area contributed by atoms with Crippen LogP contribution in [0.25, 0.3) is 0 Å². The summed E-state index contributed by atoms with van der Waals surface area (Å²) in [6.07, 6.45) is 0. The molecule has 0 heterocycles. The van der Waals surface area contributed by atoms with Crippen molar-refractivity contribution < 1.29 is 34.8 Å². The van der Waals surface area contributed by atoms with Gasteiger partial charge >= 0.3 is 11.9 Å². The molecule has 0 atom stereocenters. The molecule has 0 bridgehead atoms. The van der Waals surface area contributed by atoms with E-state index in [1.807, 2.05) is 0 Å². The zero-order valence-corrected chi connectivity index (χ0v) is 15.5. The fourth-order valence-corrected chi connectivity index (χ4v) is 2.84. The number of benzene rings is 2. The van der Waals surface area contributed by atoms with Gasteiger partial charge in [0.1, 0.15) is 34.1 Å². The van der Waals surface area contributed by atoms with E-state index in [-0.39, 0.29) is 34.5 Å². The molecule has 0 saturated heterocycles. The molecule has 144 valence electrons. The third-order valence-corrected chi connectivity index (χ3v) is 4.13. The van der Waals surface area contributed by atoms with Gasteiger partial charge in [-0.2, -0.15) is 0 Å². The molecule has 0 aliphatic carbocycles. The molecular formula is C20H22O7. The summed E-state index contributed by atoms with van der Waals surface area (Å²) in [7, 11) is 0. The molecule has 7 nitrogen and oxygen atoms in total. The van der Waals surface area contributed by atoms with Crippen molar-refractivity contribution in [3.05, 3.63) is 46.5 Å². The summed E-state index contributed by atoms with van der Waals surface area (Å²) in [5.74, 6) is -3.77. The third kappa shape index (κ3) is 4.13. The zero-order valence-electron chi connectivity index (χ0n) is 15.5. The lowest BCUT2D eigenvalue weighted by Gasteiger charge is -2.16. The number of phenolic OH excluding ortho intramolecular Hbond substituents is 2. The lowest BCUT2D eigenvalue weighted by Crippen LogP contribution is -2.13. The molecule has 0 aliphatic heterocycles. The monoisotopic (exact) mass is 374 g/mol. The second-order valence-corrected chi connectivity index (χ2v) is 6.84. The molecule has 2 aromatic rings. The van der Waals surface area contributed by atoms with E-state index < -0.39 is 23.4 Å². The van der Waals surface area contributed by atoms with Crippen LogP contribution in [0.1, 0.15) is 71.4 Å². The highest BCUT2D eigenvalue weighted by Crippen LogP contribution is 2.35. The molecule has 0 unspecified atom stereocenters. The van der Waals surface area contributed by atoms with Gasteiger partial charge in [0.2, 0.25) is 0 Å². The fraction of sp³-hybridized carbons (Fsp3) is 0.300. The number of hydrogen-bond acceptors (Lipinski definition) is 6. The van der Waals surface area contributed by atoms with Gasteiger partial charge in [-0.25, -0.2) is 9.59 Å². The molecular weight excluding hydrogens is 352 g/mol. The number of ether oxygens (including phenoxy) is 1. The summed E-state index contributed by atoms with van der Waals surface area (Å²) in [6, 6.07) is 4.82. The smallest absolute Gasteiger partial charge is 0.347 e. The maximum absolute atomic E-state index is 12.6. The second-order valence-electron chi connectivity index (χ2n) is 6.84. The Morgan fingerprint density at radius 2 is 1.33 bits per heavy atom. The van der Waals surface area contributed by atoms with E-state index in [2.05, 4.69) is 0 Å². The Balaban J connectivity index is 2.50. The van der Waals surface area contributed by atoms with Gasteiger partial charge in [-0.15, -0.1) is 0 Å². The van der Waals surface area contributed by atoms with Gasteiger partial charge in [0, 0.05) is 12.1 Å². The SMILES string of the molecule is CC(C)c1cc(OC(=O)c2c(O)cc(O)cc2C(C)C)cc(O)c1C(=O)O. The molecule has 0 saturated carbocycles. The summed E-state index contributed by atoms with van der Waals surface area (Å²) in [6.45, 7) is 7.07. The highest BCUT2D eigenvalue weighted by molar-refractivity contribution is 5.97. The Kier molecular flexibility index (Phi) is 5.64. The average Bonchev–Trinajstić information content (AvgIpc) is 2.52. The largest absolute Gasteiger partial charge is 0.508 e. The molecule has 0 amide bonds. The van der Waals surface area contributed by atoms with Crippen molar-refractivity contribution in [3.63, 3.8) is 0 Å². The van der Waals surface area contributed by atoms with Crippen LogP contribution in [0.2, 0.25) is 0 Å². The van der Waals surface area contributed by atoms with Crippen LogP contribution < -0.4 is 4.74 Å².